The van der Waals surface area contributed by atoms with Crippen LogP contribution in [0.15, 0.2) is 35.5 Å². The van der Waals surface area contributed by atoms with Crippen LogP contribution in [-0.2, 0) is 0 Å². The van der Waals surface area contributed by atoms with Crippen LogP contribution in [0, 0.1) is 0 Å². The van der Waals surface area contributed by atoms with E-state index in [0.717, 1.165) is 4.90 Å². The van der Waals surface area contributed by atoms with E-state index in [1.807, 2.05) is 12.1 Å². The third-order valence-electron chi connectivity index (χ3n) is 1.98. The first kappa shape index (κ1) is 12.9. The zero-order valence-corrected chi connectivity index (χ0v) is 11.7. The molecule has 0 bridgehead atoms. The molecule has 0 aliphatic carbocycles. The summed E-state index contributed by atoms with van der Waals surface area (Å²) in [6, 6.07) is 5.34. The average Bonchev–Trinajstić information content (AvgIpc) is 2.67. The van der Waals surface area contributed by atoms with Gasteiger partial charge < -0.3 is 0 Å². The summed E-state index contributed by atoms with van der Waals surface area (Å²) >= 11 is 14.4. The van der Waals surface area contributed by atoms with E-state index in [4.69, 9.17) is 23.2 Å². The molecule has 0 radical (unpaired) electrons. The zero-order valence-electron chi connectivity index (χ0n) is 8.52. The lowest BCUT2D eigenvalue weighted by atomic mass is 10.2. The van der Waals surface area contributed by atoms with E-state index in [-0.39, 0.29) is 5.78 Å². The molecule has 0 atom stereocenters. The van der Waals surface area contributed by atoms with E-state index in [1.165, 1.54) is 23.1 Å². The molecule has 0 amide bonds. The summed E-state index contributed by atoms with van der Waals surface area (Å²) in [4.78, 5) is 16.8. The van der Waals surface area contributed by atoms with Gasteiger partial charge in [-0.3, -0.25) is 9.78 Å². The van der Waals surface area contributed by atoms with Crippen molar-refractivity contribution in [2.24, 2.45) is 0 Å². The Labute approximate surface area is 117 Å². The lowest BCUT2D eigenvalue weighted by molar-refractivity contribution is 0.102. The maximum atomic E-state index is 11.9. The Morgan fingerprint density at radius 1 is 1.35 bits per heavy atom. The molecule has 6 heteroatoms. The third-order valence-corrected chi connectivity index (χ3v) is 4.48. The molecule has 0 aliphatic heterocycles. The minimum atomic E-state index is -0.0139. The average molecular weight is 304 g/mol. The molecule has 0 spiro atoms. The molecule has 0 aromatic carbocycles. The molecule has 2 aromatic rings. The predicted octanol–water partition coefficient (Wildman–Crippen LogP) is 4.42. The summed E-state index contributed by atoms with van der Waals surface area (Å²) in [5.74, 6) is 0.330. The van der Waals surface area contributed by atoms with Crippen molar-refractivity contribution in [2.75, 3.05) is 5.75 Å². The van der Waals surface area contributed by atoms with Crippen molar-refractivity contribution in [3.63, 3.8) is 0 Å². The number of pyridine rings is 1. The number of thioether (sulfide) groups is 1. The molecule has 0 fully saturated rings. The van der Waals surface area contributed by atoms with Crippen LogP contribution in [-0.4, -0.2) is 16.5 Å². The van der Waals surface area contributed by atoms with Gasteiger partial charge in [-0.25, -0.2) is 0 Å². The van der Waals surface area contributed by atoms with Gasteiger partial charge in [-0.1, -0.05) is 23.2 Å². The number of ketones is 1. The van der Waals surface area contributed by atoms with Crippen LogP contribution in [0.4, 0.5) is 0 Å². The van der Waals surface area contributed by atoms with E-state index < -0.39 is 0 Å². The molecule has 0 saturated carbocycles. The lowest BCUT2D eigenvalue weighted by Gasteiger charge is -1.99. The van der Waals surface area contributed by atoms with Crippen LogP contribution < -0.4 is 0 Å². The molecule has 2 heterocycles. The predicted molar refractivity (Wildman–Crippen MR) is 73.6 cm³/mol. The Hall–Kier alpha value is -0.550. The maximum absolute atomic E-state index is 11.9. The van der Waals surface area contributed by atoms with Crippen LogP contribution >= 0.6 is 46.3 Å². The zero-order chi connectivity index (χ0) is 12.3. The summed E-state index contributed by atoms with van der Waals surface area (Å²) in [6.07, 6.45) is 3.39. The standard InChI is InChI=1S/C11H7Cl2NOS2/c12-10-5-8(11(13)17-10)9(15)6-16-7-1-3-14-4-2-7/h1-5H,6H2. The van der Waals surface area contributed by atoms with Crippen molar-refractivity contribution in [1.29, 1.82) is 0 Å². The minimum absolute atomic E-state index is 0.0139. The molecule has 17 heavy (non-hydrogen) atoms. The van der Waals surface area contributed by atoms with Crippen LogP contribution in [0.5, 0.6) is 0 Å². The van der Waals surface area contributed by atoms with Crippen molar-refractivity contribution in [1.82, 2.24) is 4.98 Å². The second-order valence-electron chi connectivity index (χ2n) is 3.13. The first-order chi connectivity index (χ1) is 8.16. The molecule has 0 aliphatic rings. The van der Waals surface area contributed by atoms with E-state index in [2.05, 4.69) is 4.98 Å². The molecule has 2 nitrogen and oxygen atoms in total. The van der Waals surface area contributed by atoms with Gasteiger partial charge in [0, 0.05) is 22.9 Å². The van der Waals surface area contributed by atoms with Gasteiger partial charge in [0.15, 0.2) is 5.78 Å². The van der Waals surface area contributed by atoms with Gasteiger partial charge in [0.05, 0.1) is 10.1 Å². The minimum Gasteiger partial charge on any atom is -0.293 e. The first-order valence-corrected chi connectivity index (χ1v) is 7.23. The Morgan fingerprint density at radius 2 is 2.06 bits per heavy atom. The number of thiophene rings is 1. The van der Waals surface area contributed by atoms with Gasteiger partial charge in [0.25, 0.3) is 0 Å². The number of hydrogen-bond donors (Lipinski definition) is 0. The Kier molecular flexibility index (Phi) is 4.45. The van der Waals surface area contributed by atoms with E-state index in [1.54, 1.807) is 18.5 Å². The second kappa shape index (κ2) is 5.87. The summed E-state index contributed by atoms with van der Waals surface area (Å²) < 4.78 is 0.989. The highest BCUT2D eigenvalue weighted by atomic mass is 35.5. The summed E-state index contributed by atoms with van der Waals surface area (Å²) in [7, 11) is 0. The largest absolute Gasteiger partial charge is 0.293 e. The summed E-state index contributed by atoms with van der Waals surface area (Å²) in [5.41, 5.74) is 0.503. The second-order valence-corrected chi connectivity index (χ2v) is 6.47. The molecular weight excluding hydrogens is 297 g/mol. The molecular formula is C11H7Cl2NOS2. The highest BCUT2D eigenvalue weighted by Gasteiger charge is 2.14. The maximum Gasteiger partial charge on any atom is 0.175 e. The Morgan fingerprint density at radius 3 is 2.65 bits per heavy atom. The topological polar surface area (TPSA) is 30.0 Å². The molecule has 0 unspecified atom stereocenters. The molecule has 0 saturated heterocycles. The smallest absolute Gasteiger partial charge is 0.175 e. The van der Waals surface area contributed by atoms with Crippen LogP contribution in [0.3, 0.4) is 0 Å². The molecule has 0 N–H and O–H groups in total. The summed E-state index contributed by atoms with van der Waals surface area (Å²) in [6.45, 7) is 0. The van der Waals surface area contributed by atoms with Gasteiger partial charge in [0.1, 0.15) is 4.34 Å². The lowest BCUT2D eigenvalue weighted by Crippen LogP contribution is -2.00. The summed E-state index contributed by atoms with van der Waals surface area (Å²) in [5, 5.41) is 0. The fraction of sp³-hybridized carbons (Fsp3) is 0.0909. The van der Waals surface area contributed by atoms with Crippen LogP contribution in [0.25, 0.3) is 0 Å². The van der Waals surface area contributed by atoms with Crippen LogP contribution in [0.1, 0.15) is 10.4 Å². The number of hydrogen-bond acceptors (Lipinski definition) is 4. The number of Topliss-reactive ketones (excluding diaryl/α,β-unsaturated/α-hetero) is 1. The first-order valence-electron chi connectivity index (χ1n) is 4.67. The Bertz CT molecular complexity index is 528. The molecule has 88 valence electrons. The quantitative estimate of drug-likeness (QED) is 0.618. The Balaban J connectivity index is 2.01. The molecule has 2 rings (SSSR count). The van der Waals surface area contributed by atoms with Gasteiger partial charge in [-0.15, -0.1) is 23.1 Å². The highest BCUT2D eigenvalue weighted by Crippen LogP contribution is 2.32. The fourth-order valence-electron chi connectivity index (χ4n) is 1.19. The van der Waals surface area contributed by atoms with Crippen molar-refractivity contribution in [3.8, 4) is 0 Å². The van der Waals surface area contributed by atoms with Crippen LogP contribution in [0.2, 0.25) is 8.67 Å². The number of carbonyl (C=O) groups is 1. The van der Waals surface area contributed by atoms with Gasteiger partial charge in [0.2, 0.25) is 0 Å². The SMILES string of the molecule is O=C(CSc1ccncc1)c1cc(Cl)sc1Cl. The normalized spacial score (nSPS) is 10.5. The van der Waals surface area contributed by atoms with Crippen molar-refractivity contribution in [3.05, 3.63) is 44.8 Å². The van der Waals surface area contributed by atoms with E-state index in [0.29, 0.717) is 20.0 Å². The van der Waals surface area contributed by atoms with Crippen molar-refractivity contribution in [2.45, 2.75) is 4.90 Å². The van der Waals surface area contributed by atoms with Crippen molar-refractivity contribution >= 4 is 52.1 Å². The van der Waals surface area contributed by atoms with Gasteiger partial charge in [-0.05, 0) is 18.2 Å². The molecule has 2 aromatic heterocycles. The van der Waals surface area contributed by atoms with E-state index in [9.17, 15) is 4.79 Å². The number of nitrogens with zero attached hydrogens (tertiary/aromatic N) is 1. The third kappa shape index (κ3) is 3.45. The fourth-order valence-corrected chi connectivity index (χ4v) is 3.46. The number of aromatic nitrogens is 1. The van der Waals surface area contributed by atoms with Gasteiger partial charge >= 0.3 is 0 Å². The van der Waals surface area contributed by atoms with Gasteiger partial charge in [-0.2, -0.15) is 0 Å². The number of rotatable bonds is 4. The number of carbonyl (C=O) groups excluding carboxylic acids is 1. The highest BCUT2D eigenvalue weighted by molar-refractivity contribution is 8.00. The monoisotopic (exact) mass is 303 g/mol. The number of halogens is 2. The van der Waals surface area contributed by atoms with Crippen molar-refractivity contribution < 1.29 is 4.79 Å². The van der Waals surface area contributed by atoms with E-state index >= 15 is 0 Å².